The highest BCUT2D eigenvalue weighted by molar-refractivity contribution is 5.58. The summed E-state index contributed by atoms with van der Waals surface area (Å²) in [6.07, 6.45) is 16.9. The number of aryl methyl sites for hydroxylation is 2. The van der Waals surface area contributed by atoms with Crippen LogP contribution in [0.3, 0.4) is 0 Å². The number of hydrogen-bond acceptors (Lipinski definition) is 12. The van der Waals surface area contributed by atoms with E-state index in [1.165, 1.54) is 12.1 Å². The Bertz CT molecular complexity index is 2580. The first kappa shape index (κ1) is 38.6. The van der Waals surface area contributed by atoms with Crippen LogP contribution < -0.4 is 20.3 Å². The second kappa shape index (κ2) is 17.0. The zero-order valence-electron chi connectivity index (χ0n) is 32.7. The summed E-state index contributed by atoms with van der Waals surface area (Å²) in [5.41, 5.74) is 5.93. The van der Waals surface area contributed by atoms with E-state index in [1.807, 2.05) is 88.9 Å². The van der Waals surface area contributed by atoms with Crippen molar-refractivity contribution in [1.82, 2.24) is 59.1 Å². The highest BCUT2D eigenvalue weighted by Gasteiger charge is 2.18. The van der Waals surface area contributed by atoms with Gasteiger partial charge in [-0.3, -0.25) is 19.0 Å². The van der Waals surface area contributed by atoms with Crippen LogP contribution in [0, 0.1) is 0 Å². The molecule has 0 aliphatic heterocycles. The molecule has 0 spiro atoms. The summed E-state index contributed by atoms with van der Waals surface area (Å²) in [5, 5.41) is 17.4. The van der Waals surface area contributed by atoms with Gasteiger partial charge < -0.3 is 9.47 Å². The Morgan fingerprint density at radius 3 is 1.29 bits per heavy atom. The number of ether oxygens (including phenoxy) is 2. The Kier molecular flexibility index (Phi) is 11.3. The third-order valence-electron chi connectivity index (χ3n) is 9.42. The molecule has 6 aromatic heterocycles. The Balaban J connectivity index is 0.000000177. The molecule has 16 heteroatoms. The first-order valence-corrected chi connectivity index (χ1v) is 18.2. The molecule has 0 saturated carbocycles. The van der Waals surface area contributed by atoms with Crippen LogP contribution in [-0.4, -0.2) is 73.3 Å². The Morgan fingerprint density at radius 1 is 0.552 bits per heavy atom. The highest BCUT2D eigenvalue weighted by Crippen LogP contribution is 2.27. The molecule has 0 saturated heterocycles. The predicted octanol–water partition coefficient (Wildman–Crippen LogP) is 5.17. The van der Waals surface area contributed by atoms with Crippen LogP contribution in [-0.2, 0) is 14.1 Å². The van der Waals surface area contributed by atoms with Crippen molar-refractivity contribution in [2.24, 2.45) is 14.1 Å². The molecule has 58 heavy (non-hydrogen) atoms. The average Bonchev–Trinajstić information content (AvgIpc) is 3.91. The van der Waals surface area contributed by atoms with E-state index in [2.05, 4.69) is 40.3 Å². The van der Waals surface area contributed by atoms with Crippen molar-refractivity contribution in [2.45, 2.75) is 25.7 Å². The van der Waals surface area contributed by atoms with Gasteiger partial charge in [0.1, 0.15) is 22.8 Å². The molecule has 2 atom stereocenters. The van der Waals surface area contributed by atoms with E-state index in [1.54, 1.807) is 82.5 Å². The fraction of sp³-hybridized carbons (Fsp3) is 0.190. The zero-order chi connectivity index (χ0) is 40.8. The Hall–Kier alpha value is -7.62. The Labute approximate surface area is 333 Å². The third-order valence-corrected chi connectivity index (χ3v) is 9.42. The van der Waals surface area contributed by atoms with E-state index in [9.17, 15) is 9.59 Å². The van der Waals surface area contributed by atoms with Gasteiger partial charge in [0.05, 0.1) is 63.8 Å². The van der Waals surface area contributed by atoms with Gasteiger partial charge in [-0.1, -0.05) is 50.2 Å². The van der Waals surface area contributed by atoms with Gasteiger partial charge in [-0.25, -0.2) is 29.3 Å². The van der Waals surface area contributed by atoms with E-state index in [0.717, 1.165) is 33.6 Å². The molecule has 16 nitrogen and oxygen atoms in total. The summed E-state index contributed by atoms with van der Waals surface area (Å²) >= 11 is 0. The summed E-state index contributed by atoms with van der Waals surface area (Å²) in [6, 6.07) is 18.7. The molecule has 2 unspecified atom stereocenters. The smallest absolute Gasteiger partial charge is 0.203 e. The van der Waals surface area contributed by atoms with Crippen LogP contribution in [0.2, 0.25) is 0 Å². The molecule has 0 amide bonds. The maximum Gasteiger partial charge on any atom is 0.203 e. The maximum absolute atomic E-state index is 12.5. The molecule has 0 N–H and O–H groups in total. The lowest BCUT2D eigenvalue weighted by Gasteiger charge is -2.13. The summed E-state index contributed by atoms with van der Waals surface area (Å²) < 4.78 is 16.9. The fourth-order valence-corrected chi connectivity index (χ4v) is 6.14. The minimum Gasteiger partial charge on any atom is -0.494 e. The first-order chi connectivity index (χ1) is 28.1. The minimum atomic E-state index is -0.204. The number of nitrogens with zero attached hydrogens (tertiary/aromatic N) is 12. The van der Waals surface area contributed by atoms with Crippen molar-refractivity contribution in [1.29, 1.82) is 0 Å². The molecule has 0 bridgehead atoms. The molecule has 292 valence electrons. The zero-order valence-corrected chi connectivity index (χ0v) is 32.7. The quantitative estimate of drug-likeness (QED) is 0.179. The number of aromatic nitrogens is 12. The predicted molar refractivity (Wildman–Crippen MR) is 216 cm³/mol. The van der Waals surface area contributed by atoms with E-state index in [0.29, 0.717) is 34.5 Å². The normalized spacial score (nSPS) is 12.0. The van der Waals surface area contributed by atoms with Gasteiger partial charge in [-0.15, -0.1) is 0 Å². The molecule has 8 rings (SSSR count). The van der Waals surface area contributed by atoms with Crippen LogP contribution in [0.25, 0.3) is 34.2 Å². The van der Waals surface area contributed by atoms with Crippen LogP contribution in [0.5, 0.6) is 11.5 Å². The SMILES string of the molecule is COc1cnc(-c2cccc(C(C)c3nn(-c4cnn(C)c4)ccc3=O)c2)nc1.COc1cnc(-c2cccc(C(C)c3nn(-c4cnn(C)c4)ccc3=O)c2)nc1. The number of methoxy groups -OCH3 is 2. The lowest BCUT2D eigenvalue weighted by Crippen LogP contribution is -2.18. The van der Waals surface area contributed by atoms with Crippen LogP contribution >= 0.6 is 0 Å². The van der Waals surface area contributed by atoms with E-state index in [-0.39, 0.29) is 22.7 Å². The standard InChI is InChI=1S/2C21H20N6O2/c2*1-14(20-19(28)7-8-27(25-20)17-10-24-26(2)13-17)15-5-4-6-16(9-15)21-22-11-18(29-3)12-23-21/h2*4-14H,1-3H3. The van der Waals surface area contributed by atoms with Gasteiger partial charge in [0.15, 0.2) is 23.1 Å². The number of benzene rings is 2. The van der Waals surface area contributed by atoms with Gasteiger partial charge in [0.2, 0.25) is 10.9 Å². The highest BCUT2D eigenvalue weighted by atomic mass is 16.5. The molecule has 8 aromatic rings. The minimum absolute atomic E-state index is 0.108. The van der Waals surface area contributed by atoms with Crippen LogP contribution in [0.4, 0.5) is 0 Å². The molecular weight excluding hydrogens is 737 g/mol. The molecule has 2 aromatic carbocycles. The third kappa shape index (κ3) is 8.60. The number of hydrogen-bond donors (Lipinski definition) is 0. The first-order valence-electron chi connectivity index (χ1n) is 18.2. The molecule has 6 heterocycles. The molecular formula is C42H40N12O4. The van der Waals surface area contributed by atoms with Crippen molar-refractivity contribution >= 4 is 0 Å². The van der Waals surface area contributed by atoms with Crippen molar-refractivity contribution < 1.29 is 9.47 Å². The van der Waals surface area contributed by atoms with Gasteiger partial charge in [0, 0.05) is 61.6 Å². The summed E-state index contributed by atoms with van der Waals surface area (Å²) in [6.45, 7) is 3.93. The average molecular weight is 777 g/mol. The second-order valence-corrected chi connectivity index (χ2v) is 13.4. The van der Waals surface area contributed by atoms with E-state index in [4.69, 9.17) is 9.47 Å². The van der Waals surface area contributed by atoms with E-state index < -0.39 is 0 Å². The molecule has 0 aliphatic rings. The number of rotatable bonds is 10. The summed E-state index contributed by atoms with van der Waals surface area (Å²) in [7, 11) is 6.82. The maximum atomic E-state index is 12.5. The van der Waals surface area contributed by atoms with Crippen molar-refractivity contribution in [3.05, 3.63) is 166 Å². The van der Waals surface area contributed by atoms with Crippen LogP contribution in [0.1, 0.15) is 48.2 Å². The van der Waals surface area contributed by atoms with Gasteiger partial charge >= 0.3 is 0 Å². The van der Waals surface area contributed by atoms with E-state index >= 15 is 0 Å². The van der Waals surface area contributed by atoms with Crippen molar-refractivity contribution in [3.8, 4) is 45.6 Å². The largest absolute Gasteiger partial charge is 0.494 e. The lowest BCUT2D eigenvalue weighted by molar-refractivity contribution is 0.411. The van der Waals surface area contributed by atoms with Gasteiger partial charge in [-0.2, -0.15) is 20.4 Å². The summed E-state index contributed by atoms with van der Waals surface area (Å²) in [4.78, 5) is 42.4. The fourth-order valence-electron chi connectivity index (χ4n) is 6.14. The monoisotopic (exact) mass is 776 g/mol. The van der Waals surface area contributed by atoms with Crippen molar-refractivity contribution in [3.63, 3.8) is 0 Å². The van der Waals surface area contributed by atoms with Crippen molar-refractivity contribution in [2.75, 3.05) is 14.2 Å². The lowest BCUT2D eigenvalue weighted by atomic mass is 9.95. The molecule has 0 fully saturated rings. The van der Waals surface area contributed by atoms with Gasteiger partial charge in [-0.05, 0) is 23.3 Å². The topological polar surface area (TPSA) is 175 Å². The van der Waals surface area contributed by atoms with Gasteiger partial charge in [0.25, 0.3) is 0 Å². The molecule has 0 radical (unpaired) electrons. The molecule has 0 aliphatic carbocycles. The second-order valence-electron chi connectivity index (χ2n) is 13.4. The Morgan fingerprint density at radius 2 is 0.948 bits per heavy atom. The van der Waals surface area contributed by atoms with Crippen LogP contribution in [0.15, 0.2) is 132 Å². The summed E-state index contributed by atoms with van der Waals surface area (Å²) in [5.74, 6) is 1.97.